The third-order valence-electron chi connectivity index (χ3n) is 2.07. The lowest BCUT2D eigenvalue weighted by molar-refractivity contribution is -0.130. The van der Waals surface area contributed by atoms with E-state index in [1.54, 1.807) is 39.0 Å². The molecule has 0 aliphatic carbocycles. The fourth-order valence-corrected chi connectivity index (χ4v) is 2.28. The van der Waals surface area contributed by atoms with Crippen molar-refractivity contribution in [3.8, 4) is 5.75 Å². The van der Waals surface area contributed by atoms with Crippen molar-refractivity contribution in [2.24, 2.45) is 5.41 Å². The molecule has 94 valence electrons. The third-order valence-corrected chi connectivity index (χ3v) is 3.21. The first-order chi connectivity index (χ1) is 7.71. The summed E-state index contributed by atoms with van der Waals surface area (Å²) in [4.78, 5) is 11.8. The molecule has 0 aromatic heterocycles. The Kier molecular flexibility index (Phi) is 4.87. The topological polar surface area (TPSA) is 26.3 Å². The molecule has 1 atom stereocenters. The molecule has 0 saturated carbocycles. The van der Waals surface area contributed by atoms with Crippen molar-refractivity contribution in [1.82, 2.24) is 0 Å². The lowest BCUT2D eigenvalue weighted by Gasteiger charge is -2.21. The van der Waals surface area contributed by atoms with Crippen LogP contribution in [0.15, 0.2) is 22.7 Å². The number of ketones is 1. The first-order valence-electron chi connectivity index (χ1n) is 5.02. The van der Waals surface area contributed by atoms with E-state index in [0.29, 0.717) is 15.2 Å². The Morgan fingerprint density at radius 3 is 2.47 bits per heavy atom. The number of benzene rings is 1. The molecule has 2 nitrogen and oxygen atoms in total. The number of hydrogen-bond acceptors (Lipinski definition) is 2. The molecule has 0 heterocycles. The maximum absolute atomic E-state index is 11.8. The van der Waals surface area contributed by atoms with Crippen LogP contribution in [0.25, 0.3) is 0 Å². The van der Waals surface area contributed by atoms with E-state index in [0.717, 1.165) is 0 Å². The Balaban J connectivity index is 2.81. The highest BCUT2D eigenvalue weighted by Gasteiger charge is 2.30. The van der Waals surface area contributed by atoms with Gasteiger partial charge in [-0.2, -0.15) is 0 Å². The van der Waals surface area contributed by atoms with Crippen molar-refractivity contribution in [2.45, 2.75) is 26.3 Å². The molecule has 1 aromatic carbocycles. The maximum atomic E-state index is 11.8. The van der Waals surface area contributed by atoms with Gasteiger partial charge in [-0.3, -0.25) is 4.79 Å². The van der Waals surface area contributed by atoms with Crippen molar-refractivity contribution in [1.29, 1.82) is 0 Å². The summed E-state index contributed by atoms with van der Waals surface area (Å²) < 4.78 is 6.06. The van der Waals surface area contributed by atoms with Gasteiger partial charge < -0.3 is 4.74 Å². The first-order valence-corrected chi connectivity index (χ1v) is 6.62. The van der Waals surface area contributed by atoms with Crippen LogP contribution in [0.1, 0.15) is 20.8 Å². The van der Waals surface area contributed by atoms with E-state index in [2.05, 4.69) is 15.9 Å². The second-order valence-electron chi connectivity index (χ2n) is 4.62. The summed E-state index contributed by atoms with van der Waals surface area (Å²) in [6.45, 7) is 5.39. The molecule has 0 fully saturated rings. The van der Waals surface area contributed by atoms with Gasteiger partial charge in [0.15, 0.2) is 5.78 Å². The number of ether oxygens (including phenoxy) is 1. The molecule has 1 unspecified atom stereocenters. The number of carbonyl (C=O) groups is 1. The molecule has 0 radical (unpaired) electrons. The monoisotopic (exact) mass is 338 g/mol. The Bertz CT molecular complexity index is 427. The molecular formula is C12H13BrCl2O2. The van der Waals surface area contributed by atoms with Gasteiger partial charge in [0.25, 0.3) is 0 Å². The smallest absolute Gasteiger partial charge is 0.230 e. The fraction of sp³-hybridized carbons (Fsp3) is 0.417. The van der Waals surface area contributed by atoms with Crippen molar-refractivity contribution in [3.63, 3.8) is 0 Å². The largest absolute Gasteiger partial charge is 0.466 e. The number of alkyl halides is 1. The van der Waals surface area contributed by atoms with E-state index in [1.807, 2.05) is 0 Å². The average molecular weight is 340 g/mol. The lowest BCUT2D eigenvalue weighted by atomic mass is 9.91. The summed E-state index contributed by atoms with van der Waals surface area (Å²) in [5.74, 6) is 0.327. The minimum Gasteiger partial charge on any atom is -0.466 e. The van der Waals surface area contributed by atoms with Gasteiger partial charge in [0, 0.05) is 10.4 Å². The Labute approximate surface area is 119 Å². The van der Waals surface area contributed by atoms with E-state index < -0.39 is 11.0 Å². The standard InChI is InChI=1S/C12H13BrCl2O2/c1-12(2,3)10(16)11(15)17-9-5-4-7(14)6-8(9)13/h4-6,11H,1-3H3. The molecule has 0 aliphatic heterocycles. The molecule has 0 saturated heterocycles. The van der Waals surface area contributed by atoms with Crippen LogP contribution in [0.4, 0.5) is 0 Å². The van der Waals surface area contributed by atoms with E-state index in [9.17, 15) is 4.79 Å². The summed E-state index contributed by atoms with van der Waals surface area (Å²) in [6, 6.07) is 5.02. The second kappa shape index (κ2) is 5.59. The zero-order chi connectivity index (χ0) is 13.2. The number of Topliss-reactive ketones (excluding diaryl/α,β-unsaturated/α-hetero) is 1. The zero-order valence-corrected chi connectivity index (χ0v) is 12.9. The molecule has 1 aromatic rings. The molecule has 17 heavy (non-hydrogen) atoms. The third kappa shape index (κ3) is 4.16. The van der Waals surface area contributed by atoms with Crippen LogP contribution >= 0.6 is 39.1 Å². The highest BCUT2D eigenvalue weighted by molar-refractivity contribution is 9.10. The lowest BCUT2D eigenvalue weighted by Crippen LogP contribution is -2.32. The van der Waals surface area contributed by atoms with E-state index >= 15 is 0 Å². The van der Waals surface area contributed by atoms with Crippen LogP contribution in [0.5, 0.6) is 5.75 Å². The van der Waals surface area contributed by atoms with Crippen molar-refractivity contribution in [2.75, 3.05) is 0 Å². The SMILES string of the molecule is CC(C)(C)C(=O)C(Cl)Oc1ccc(Cl)cc1Br. The number of hydrogen-bond donors (Lipinski definition) is 0. The van der Waals surface area contributed by atoms with E-state index in [1.165, 1.54) is 0 Å². The van der Waals surface area contributed by atoms with Crippen LogP contribution in [0.2, 0.25) is 5.02 Å². The van der Waals surface area contributed by atoms with Gasteiger partial charge in [-0.25, -0.2) is 0 Å². The number of carbonyl (C=O) groups excluding carboxylic acids is 1. The van der Waals surface area contributed by atoms with Gasteiger partial charge >= 0.3 is 0 Å². The molecule has 0 amide bonds. The molecule has 0 aliphatic rings. The zero-order valence-electron chi connectivity index (χ0n) is 9.76. The quantitative estimate of drug-likeness (QED) is 0.748. The summed E-state index contributed by atoms with van der Waals surface area (Å²) in [6.07, 6.45) is 0. The van der Waals surface area contributed by atoms with Crippen LogP contribution in [-0.2, 0) is 4.79 Å². The second-order valence-corrected chi connectivity index (χ2v) is 6.31. The molecular weight excluding hydrogens is 327 g/mol. The first kappa shape index (κ1) is 14.8. The van der Waals surface area contributed by atoms with Gasteiger partial charge in [-0.15, -0.1) is 0 Å². The summed E-state index contributed by atoms with van der Waals surface area (Å²) in [7, 11) is 0. The van der Waals surface area contributed by atoms with Crippen LogP contribution in [-0.4, -0.2) is 11.3 Å². The Hall–Kier alpha value is -0.250. The predicted octanol–water partition coefficient (Wildman–Crippen LogP) is 4.66. The highest BCUT2D eigenvalue weighted by Crippen LogP contribution is 2.30. The average Bonchev–Trinajstić information content (AvgIpc) is 2.19. The summed E-state index contributed by atoms with van der Waals surface area (Å²) in [5, 5.41) is 0.581. The highest BCUT2D eigenvalue weighted by atomic mass is 79.9. The van der Waals surface area contributed by atoms with Crippen molar-refractivity contribution < 1.29 is 9.53 Å². The predicted molar refractivity (Wildman–Crippen MR) is 73.9 cm³/mol. The van der Waals surface area contributed by atoms with E-state index in [4.69, 9.17) is 27.9 Å². The maximum Gasteiger partial charge on any atom is 0.230 e. The Morgan fingerprint density at radius 2 is 2.00 bits per heavy atom. The van der Waals surface area contributed by atoms with E-state index in [-0.39, 0.29) is 5.78 Å². The van der Waals surface area contributed by atoms with Gasteiger partial charge in [-0.1, -0.05) is 44.0 Å². The van der Waals surface area contributed by atoms with Crippen LogP contribution < -0.4 is 4.74 Å². The van der Waals surface area contributed by atoms with Crippen molar-refractivity contribution in [3.05, 3.63) is 27.7 Å². The number of rotatable bonds is 3. The minimum absolute atomic E-state index is 0.166. The van der Waals surface area contributed by atoms with Crippen molar-refractivity contribution >= 4 is 44.9 Å². The van der Waals surface area contributed by atoms with Gasteiger partial charge in [0.2, 0.25) is 5.56 Å². The minimum atomic E-state index is -1.01. The van der Waals surface area contributed by atoms with Crippen LogP contribution in [0.3, 0.4) is 0 Å². The van der Waals surface area contributed by atoms with Gasteiger partial charge in [0.1, 0.15) is 5.75 Å². The normalized spacial score (nSPS) is 13.3. The Morgan fingerprint density at radius 1 is 1.41 bits per heavy atom. The molecule has 0 N–H and O–H groups in total. The van der Waals surface area contributed by atoms with Gasteiger partial charge in [-0.05, 0) is 34.1 Å². The molecule has 0 bridgehead atoms. The van der Waals surface area contributed by atoms with Gasteiger partial charge in [0.05, 0.1) is 4.47 Å². The van der Waals surface area contributed by atoms with Crippen LogP contribution in [0, 0.1) is 5.41 Å². The fourth-order valence-electron chi connectivity index (χ4n) is 1.08. The molecule has 0 spiro atoms. The summed E-state index contributed by atoms with van der Waals surface area (Å²) >= 11 is 15.0. The molecule has 1 rings (SSSR count). The molecule has 5 heteroatoms. The number of halogens is 3. The summed E-state index contributed by atoms with van der Waals surface area (Å²) in [5.41, 5.74) is -1.54.